The molecule has 1 aromatic heterocycles. The van der Waals surface area contributed by atoms with Gasteiger partial charge in [0.15, 0.2) is 0 Å². The zero-order valence-corrected chi connectivity index (χ0v) is 17.1. The van der Waals surface area contributed by atoms with E-state index in [0.29, 0.717) is 19.4 Å². The second-order valence-corrected chi connectivity index (χ2v) is 9.48. The Kier molecular flexibility index (Phi) is 6.18. The Morgan fingerprint density at radius 3 is 2.81 bits per heavy atom. The Hall–Kier alpha value is -1.90. The highest BCUT2D eigenvalue weighted by atomic mass is 32.2. The number of thiophene rings is 1. The van der Waals surface area contributed by atoms with Gasteiger partial charge in [-0.15, -0.1) is 11.3 Å². The summed E-state index contributed by atoms with van der Waals surface area (Å²) in [7, 11) is -2.02. The van der Waals surface area contributed by atoms with Crippen LogP contribution in [0.1, 0.15) is 18.4 Å². The van der Waals surface area contributed by atoms with Crippen molar-refractivity contribution in [2.24, 2.45) is 0 Å². The minimum atomic E-state index is -3.38. The molecule has 0 aliphatic carbocycles. The molecule has 8 heteroatoms. The van der Waals surface area contributed by atoms with E-state index in [0.717, 1.165) is 23.8 Å². The molecule has 1 aromatic carbocycles. The molecule has 2 atom stereocenters. The second kappa shape index (κ2) is 8.41. The number of rotatable bonds is 5. The molecule has 3 rings (SSSR count). The molecular weight excluding hydrogens is 384 g/mol. The molecule has 2 aromatic rings. The summed E-state index contributed by atoms with van der Waals surface area (Å²) in [6.45, 7) is 0.559. The number of nitrogens with one attached hydrogen (secondary N) is 1. The van der Waals surface area contributed by atoms with Crippen molar-refractivity contribution in [2.75, 3.05) is 19.9 Å². The van der Waals surface area contributed by atoms with Crippen LogP contribution >= 0.6 is 11.3 Å². The number of likely N-dealkylation sites (tertiary alicyclic amines) is 1. The van der Waals surface area contributed by atoms with Crippen molar-refractivity contribution >= 4 is 27.5 Å². The number of nitrogens with zero attached hydrogens (tertiary/aromatic N) is 1. The minimum absolute atomic E-state index is 0.292. The molecule has 0 spiro atoms. The van der Waals surface area contributed by atoms with E-state index in [1.807, 2.05) is 23.6 Å². The van der Waals surface area contributed by atoms with Crippen molar-refractivity contribution < 1.29 is 17.9 Å². The lowest BCUT2D eigenvalue weighted by atomic mass is 9.91. The van der Waals surface area contributed by atoms with E-state index in [1.54, 1.807) is 16.2 Å². The zero-order chi connectivity index (χ0) is 19.4. The third-order valence-electron chi connectivity index (χ3n) is 4.73. The molecule has 1 aliphatic rings. The van der Waals surface area contributed by atoms with E-state index in [9.17, 15) is 13.2 Å². The molecule has 0 saturated carbocycles. The first-order valence-corrected chi connectivity index (χ1v) is 11.6. The zero-order valence-electron chi connectivity index (χ0n) is 15.4. The molecule has 0 bridgehead atoms. The van der Waals surface area contributed by atoms with Gasteiger partial charge >= 0.3 is 6.09 Å². The van der Waals surface area contributed by atoms with Gasteiger partial charge in [0.1, 0.15) is 0 Å². The largest absolute Gasteiger partial charge is 0.453 e. The predicted molar refractivity (Wildman–Crippen MR) is 107 cm³/mol. The quantitative estimate of drug-likeness (QED) is 0.825. The summed E-state index contributed by atoms with van der Waals surface area (Å²) in [6.07, 6.45) is 2.71. The summed E-state index contributed by atoms with van der Waals surface area (Å²) in [5.74, 6) is 0. The van der Waals surface area contributed by atoms with Crippen molar-refractivity contribution in [3.05, 3.63) is 47.3 Å². The van der Waals surface area contributed by atoms with Gasteiger partial charge in [-0.3, -0.25) is 0 Å². The van der Waals surface area contributed by atoms with Gasteiger partial charge in [0.05, 0.1) is 19.4 Å². The van der Waals surface area contributed by atoms with Crippen LogP contribution in [0.5, 0.6) is 0 Å². The summed E-state index contributed by atoms with van der Waals surface area (Å²) < 4.78 is 31.3. The molecular formula is C19H24N2O4S2. The number of carbonyl (C=O) groups is 1. The van der Waals surface area contributed by atoms with Crippen molar-refractivity contribution in [1.82, 2.24) is 9.62 Å². The highest BCUT2D eigenvalue weighted by Crippen LogP contribution is 2.28. The molecule has 2 heterocycles. The van der Waals surface area contributed by atoms with E-state index in [-0.39, 0.29) is 12.1 Å². The summed E-state index contributed by atoms with van der Waals surface area (Å²) in [4.78, 5) is 15.1. The number of methoxy groups -OCH3 is 1. The van der Waals surface area contributed by atoms with E-state index >= 15 is 0 Å². The smallest absolute Gasteiger partial charge is 0.409 e. The topological polar surface area (TPSA) is 75.7 Å². The van der Waals surface area contributed by atoms with Gasteiger partial charge in [-0.2, -0.15) is 0 Å². The fraction of sp³-hybridized carbons (Fsp3) is 0.421. The highest BCUT2D eigenvalue weighted by molar-refractivity contribution is 7.88. The standard InChI is InChI=1S/C19H24N2O4S2/c1-25-19(22)21-10-4-8-16(20-27(2,23)24)17(21)13-14-6-3-7-15(12-14)18-9-5-11-26-18/h3,5-7,9,11-12,16-17,20H,4,8,10,13H2,1-2H3/t16-,17-/m1/s1. The maximum absolute atomic E-state index is 12.3. The number of carbonyl (C=O) groups excluding carboxylic acids is 1. The van der Waals surface area contributed by atoms with Crippen molar-refractivity contribution in [3.8, 4) is 10.4 Å². The number of hydrogen-bond acceptors (Lipinski definition) is 5. The second-order valence-electron chi connectivity index (χ2n) is 6.75. The van der Waals surface area contributed by atoms with Crippen LogP contribution in [0.2, 0.25) is 0 Å². The van der Waals surface area contributed by atoms with E-state index in [1.165, 1.54) is 12.0 Å². The van der Waals surface area contributed by atoms with Crippen LogP contribution in [0.15, 0.2) is 41.8 Å². The van der Waals surface area contributed by atoms with Gasteiger partial charge in [0, 0.05) is 17.5 Å². The maximum atomic E-state index is 12.3. The van der Waals surface area contributed by atoms with Gasteiger partial charge < -0.3 is 9.64 Å². The van der Waals surface area contributed by atoms with Crippen molar-refractivity contribution in [2.45, 2.75) is 31.3 Å². The number of hydrogen-bond donors (Lipinski definition) is 1. The number of piperidine rings is 1. The first kappa shape index (κ1) is 19.9. The molecule has 27 heavy (non-hydrogen) atoms. The maximum Gasteiger partial charge on any atom is 0.409 e. The number of sulfonamides is 1. The van der Waals surface area contributed by atoms with Gasteiger partial charge in [-0.25, -0.2) is 17.9 Å². The van der Waals surface area contributed by atoms with Crippen LogP contribution in [0.3, 0.4) is 0 Å². The van der Waals surface area contributed by atoms with Gasteiger partial charge in [0.25, 0.3) is 0 Å². The summed E-state index contributed by atoms with van der Waals surface area (Å²) in [5.41, 5.74) is 2.18. The van der Waals surface area contributed by atoms with E-state index in [2.05, 4.69) is 22.9 Å². The third-order valence-corrected chi connectivity index (χ3v) is 6.38. The number of ether oxygens (including phenoxy) is 1. The molecule has 1 N–H and O–H groups in total. The predicted octanol–water partition coefficient (Wildman–Crippen LogP) is 3.11. The van der Waals surface area contributed by atoms with Crippen LogP contribution < -0.4 is 4.72 Å². The van der Waals surface area contributed by atoms with E-state index < -0.39 is 16.1 Å². The average Bonchev–Trinajstić information content (AvgIpc) is 3.16. The Balaban J connectivity index is 1.88. The van der Waals surface area contributed by atoms with Gasteiger partial charge in [0.2, 0.25) is 10.0 Å². The summed E-state index contributed by atoms with van der Waals surface area (Å²) >= 11 is 1.67. The van der Waals surface area contributed by atoms with Crippen molar-refractivity contribution in [1.29, 1.82) is 0 Å². The Morgan fingerprint density at radius 2 is 2.15 bits per heavy atom. The van der Waals surface area contributed by atoms with Crippen molar-refractivity contribution in [3.63, 3.8) is 0 Å². The Morgan fingerprint density at radius 1 is 1.33 bits per heavy atom. The van der Waals surface area contributed by atoms with Crippen LogP contribution in [-0.2, 0) is 21.2 Å². The Bertz CT molecular complexity index is 881. The first-order chi connectivity index (χ1) is 12.9. The minimum Gasteiger partial charge on any atom is -0.453 e. The third kappa shape index (κ3) is 5.09. The number of amides is 1. The monoisotopic (exact) mass is 408 g/mol. The molecule has 1 amide bonds. The Labute approximate surface area is 164 Å². The molecule has 6 nitrogen and oxygen atoms in total. The molecule has 146 valence electrons. The molecule has 1 saturated heterocycles. The van der Waals surface area contributed by atoms with Crippen LogP contribution in [0.25, 0.3) is 10.4 Å². The average molecular weight is 409 g/mol. The van der Waals surface area contributed by atoms with Crippen LogP contribution in [0, 0.1) is 0 Å². The first-order valence-electron chi connectivity index (χ1n) is 8.82. The lowest BCUT2D eigenvalue weighted by Crippen LogP contribution is -2.57. The van der Waals surface area contributed by atoms with E-state index in [4.69, 9.17) is 4.74 Å². The van der Waals surface area contributed by atoms with Gasteiger partial charge in [-0.1, -0.05) is 30.3 Å². The summed E-state index contributed by atoms with van der Waals surface area (Å²) in [5, 5.41) is 2.04. The van der Waals surface area contributed by atoms with Crippen LogP contribution in [-0.4, -0.2) is 51.4 Å². The molecule has 0 radical (unpaired) electrons. The lowest BCUT2D eigenvalue weighted by Gasteiger charge is -2.40. The molecule has 0 unspecified atom stereocenters. The SMILES string of the molecule is COC(=O)N1CCC[C@@H](NS(C)(=O)=O)[C@H]1Cc1cccc(-c2cccs2)c1. The van der Waals surface area contributed by atoms with Gasteiger partial charge in [-0.05, 0) is 41.8 Å². The normalized spacial score (nSPS) is 20.4. The fourth-order valence-corrected chi connectivity index (χ4v) is 5.15. The fourth-order valence-electron chi connectivity index (χ4n) is 3.60. The molecule has 1 aliphatic heterocycles. The summed E-state index contributed by atoms with van der Waals surface area (Å²) in [6, 6.07) is 11.6. The number of benzene rings is 1. The lowest BCUT2D eigenvalue weighted by molar-refractivity contribution is 0.0792. The highest BCUT2D eigenvalue weighted by Gasteiger charge is 2.36. The molecule has 1 fully saturated rings. The van der Waals surface area contributed by atoms with Crippen LogP contribution in [0.4, 0.5) is 4.79 Å².